The van der Waals surface area contributed by atoms with Crippen LogP contribution >= 0.6 is 11.3 Å². The van der Waals surface area contributed by atoms with E-state index in [0.29, 0.717) is 13.0 Å². The Bertz CT molecular complexity index is 751. The maximum absolute atomic E-state index is 12.4. The lowest BCUT2D eigenvalue weighted by Crippen LogP contribution is -2.55. The molecule has 6 heteroatoms. The SMILES string of the molecule is Cc1cccc(-c2nc(CC(=O)NCC(C)(C)N3CCOCC3)cs2)c1. The number of thiazole rings is 1. The molecule has 0 bridgehead atoms. The predicted molar refractivity (Wildman–Crippen MR) is 105 cm³/mol. The lowest BCUT2D eigenvalue weighted by Gasteiger charge is -2.40. The van der Waals surface area contributed by atoms with Crippen molar-refractivity contribution in [1.29, 1.82) is 0 Å². The van der Waals surface area contributed by atoms with Gasteiger partial charge in [0, 0.05) is 36.1 Å². The van der Waals surface area contributed by atoms with Crippen molar-refractivity contribution in [1.82, 2.24) is 15.2 Å². The van der Waals surface area contributed by atoms with Gasteiger partial charge in [0.25, 0.3) is 0 Å². The Labute approximate surface area is 159 Å². The topological polar surface area (TPSA) is 54.5 Å². The number of benzene rings is 1. The zero-order valence-electron chi connectivity index (χ0n) is 15.7. The molecule has 5 nitrogen and oxygen atoms in total. The molecule has 0 unspecified atom stereocenters. The number of nitrogens with one attached hydrogen (secondary N) is 1. The molecular weight excluding hydrogens is 346 g/mol. The molecule has 1 aromatic heterocycles. The van der Waals surface area contributed by atoms with Gasteiger partial charge in [0.1, 0.15) is 5.01 Å². The summed E-state index contributed by atoms with van der Waals surface area (Å²) in [6.45, 7) is 10.4. The first kappa shape index (κ1) is 19.0. The van der Waals surface area contributed by atoms with Crippen LogP contribution in [0.2, 0.25) is 0 Å². The molecule has 1 saturated heterocycles. The van der Waals surface area contributed by atoms with Gasteiger partial charge in [-0.2, -0.15) is 0 Å². The van der Waals surface area contributed by atoms with Crippen LogP contribution in [-0.2, 0) is 16.0 Å². The van der Waals surface area contributed by atoms with Crippen LogP contribution in [0.4, 0.5) is 0 Å². The largest absolute Gasteiger partial charge is 0.379 e. The van der Waals surface area contributed by atoms with Gasteiger partial charge in [-0.15, -0.1) is 11.3 Å². The minimum absolute atomic E-state index is 0.0208. The van der Waals surface area contributed by atoms with Crippen LogP contribution in [0.15, 0.2) is 29.6 Å². The number of morpholine rings is 1. The zero-order chi connectivity index (χ0) is 18.6. The number of aryl methyl sites for hydroxylation is 1. The molecule has 1 aromatic carbocycles. The summed E-state index contributed by atoms with van der Waals surface area (Å²) in [7, 11) is 0. The van der Waals surface area contributed by atoms with Crippen LogP contribution in [0.3, 0.4) is 0 Å². The highest BCUT2D eigenvalue weighted by Gasteiger charge is 2.28. The maximum atomic E-state index is 12.4. The average molecular weight is 374 g/mol. The van der Waals surface area contributed by atoms with Gasteiger partial charge < -0.3 is 10.1 Å². The quantitative estimate of drug-likeness (QED) is 0.846. The first-order valence-corrected chi connectivity index (χ1v) is 9.93. The van der Waals surface area contributed by atoms with Gasteiger partial charge >= 0.3 is 0 Å². The summed E-state index contributed by atoms with van der Waals surface area (Å²) in [5, 5.41) is 6.01. The van der Waals surface area contributed by atoms with Crippen LogP contribution in [0.1, 0.15) is 25.1 Å². The second-order valence-corrected chi connectivity index (χ2v) is 8.24. The first-order valence-electron chi connectivity index (χ1n) is 9.05. The summed E-state index contributed by atoms with van der Waals surface area (Å²) in [6.07, 6.45) is 0.321. The van der Waals surface area contributed by atoms with E-state index in [9.17, 15) is 4.79 Å². The van der Waals surface area contributed by atoms with Crippen molar-refractivity contribution in [3.05, 3.63) is 40.9 Å². The zero-order valence-corrected chi connectivity index (χ0v) is 16.6. The van der Waals surface area contributed by atoms with E-state index in [-0.39, 0.29) is 11.4 Å². The summed E-state index contributed by atoms with van der Waals surface area (Å²) in [5.74, 6) is 0.0208. The average Bonchev–Trinajstić information content (AvgIpc) is 3.09. The molecule has 2 aromatic rings. The minimum atomic E-state index is -0.0752. The lowest BCUT2D eigenvalue weighted by atomic mass is 10.0. The molecule has 2 heterocycles. The molecule has 1 aliphatic rings. The number of hydrogen-bond acceptors (Lipinski definition) is 5. The summed E-state index contributed by atoms with van der Waals surface area (Å²) >= 11 is 1.59. The number of carbonyl (C=O) groups excluding carboxylic acids is 1. The number of ether oxygens (including phenoxy) is 1. The van der Waals surface area contributed by atoms with Gasteiger partial charge in [0.15, 0.2) is 0 Å². The molecule has 0 radical (unpaired) electrons. The second-order valence-electron chi connectivity index (χ2n) is 7.38. The Morgan fingerprint density at radius 2 is 2.12 bits per heavy atom. The highest BCUT2D eigenvalue weighted by molar-refractivity contribution is 7.13. The number of carbonyl (C=O) groups is 1. The number of aromatic nitrogens is 1. The molecule has 140 valence electrons. The predicted octanol–water partition coefficient (Wildman–Crippen LogP) is 2.89. The molecule has 0 spiro atoms. The normalized spacial score (nSPS) is 15.8. The number of rotatable bonds is 6. The van der Waals surface area contributed by atoms with E-state index in [1.165, 1.54) is 5.56 Å². The number of hydrogen-bond donors (Lipinski definition) is 1. The second kappa shape index (κ2) is 8.29. The van der Waals surface area contributed by atoms with Gasteiger partial charge in [-0.05, 0) is 26.8 Å². The summed E-state index contributed by atoms with van der Waals surface area (Å²) in [6, 6.07) is 8.28. The van der Waals surface area contributed by atoms with Crippen LogP contribution in [0, 0.1) is 6.92 Å². The summed E-state index contributed by atoms with van der Waals surface area (Å²) in [5.41, 5.74) is 3.07. The third kappa shape index (κ3) is 4.90. The molecule has 1 fully saturated rings. The summed E-state index contributed by atoms with van der Waals surface area (Å²) in [4.78, 5) is 19.3. The lowest BCUT2D eigenvalue weighted by molar-refractivity contribution is -0.121. The first-order chi connectivity index (χ1) is 12.4. The van der Waals surface area contributed by atoms with Gasteiger partial charge in [-0.1, -0.05) is 23.8 Å². The monoisotopic (exact) mass is 373 g/mol. The van der Waals surface area contributed by atoms with E-state index >= 15 is 0 Å². The van der Waals surface area contributed by atoms with E-state index in [2.05, 4.69) is 54.2 Å². The van der Waals surface area contributed by atoms with Crippen molar-refractivity contribution in [2.75, 3.05) is 32.8 Å². The third-order valence-electron chi connectivity index (χ3n) is 4.74. The smallest absolute Gasteiger partial charge is 0.226 e. The third-order valence-corrected chi connectivity index (χ3v) is 5.68. The Morgan fingerprint density at radius 3 is 2.85 bits per heavy atom. The molecule has 1 N–H and O–H groups in total. The fraction of sp³-hybridized carbons (Fsp3) is 0.500. The van der Waals surface area contributed by atoms with Gasteiger partial charge in [0.05, 0.1) is 25.3 Å². The molecule has 0 aliphatic carbocycles. The van der Waals surface area contributed by atoms with Gasteiger partial charge in [-0.25, -0.2) is 4.98 Å². The highest BCUT2D eigenvalue weighted by atomic mass is 32.1. The standard InChI is InChI=1S/C20H27N3O2S/c1-15-5-4-6-16(11-15)19-22-17(13-26-19)12-18(24)21-14-20(2,3)23-7-9-25-10-8-23/h4-6,11,13H,7-10,12,14H2,1-3H3,(H,21,24). The highest BCUT2D eigenvalue weighted by Crippen LogP contribution is 2.24. The Kier molecular flexibility index (Phi) is 6.06. The molecule has 0 saturated carbocycles. The number of amides is 1. The number of nitrogens with zero attached hydrogens (tertiary/aromatic N) is 2. The van der Waals surface area contributed by atoms with Crippen molar-refractivity contribution in [2.45, 2.75) is 32.7 Å². The Hall–Kier alpha value is -1.76. The van der Waals surface area contributed by atoms with E-state index in [1.54, 1.807) is 11.3 Å². The van der Waals surface area contributed by atoms with E-state index < -0.39 is 0 Å². The molecular formula is C20H27N3O2S. The van der Waals surface area contributed by atoms with Crippen molar-refractivity contribution < 1.29 is 9.53 Å². The fourth-order valence-electron chi connectivity index (χ4n) is 3.12. The van der Waals surface area contributed by atoms with Crippen LogP contribution < -0.4 is 5.32 Å². The molecule has 3 rings (SSSR count). The molecule has 1 aliphatic heterocycles. The van der Waals surface area contributed by atoms with Crippen molar-refractivity contribution in [2.24, 2.45) is 0 Å². The van der Waals surface area contributed by atoms with Crippen molar-refractivity contribution >= 4 is 17.2 Å². The van der Waals surface area contributed by atoms with E-state index in [1.807, 2.05) is 11.4 Å². The Morgan fingerprint density at radius 1 is 1.35 bits per heavy atom. The summed E-state index contributed by atoms with van der Waals surface area (Å²) < 4.78 is 5.41. The van der Waals surface area contributed by atoms with Gasteiger partial charge in [0.2, 0.25) is 5.91 Å². The van der Waals surface area contributed by atoms with Gasteiger partial charge in [-0.3, -0.25) is 9.69 Å². The van der Waals surface area contributed by atoms with Crippen molar-refractivity contribution in [3.8, 4) is 10.6 Å². The molecule has 1 amide bonds. The molecule has 0 atom stereocenters. The maximum Gasteiger partial charge on any atom is 0.226 e. The van der Waals surface area contributed by atoms with Crippen LogP contribution in [-0.4, -0.2) is 54.2 Å². The van der Waals surface area contributed by atoms with Crippen LogP contribution in [0.25, 0.3) is 10.6 Å². The Balaban J connectivity index is 1.53. The minimum Gasteiger partial charge on any atom is -0.379 e. The van der Waals surface area contributed by atoms with Crippen molar-refractivity contribution in [3.63, 3.8) is 0 Å². The van der Waals surface area contributed by atoms with E-state index in [4.69, 9.17) is 4.74 Å². The molecule has 26 heavy (non-hydrogen) atoms. The van der Waals surface area contributed by atoms with Crippen LogP contribution in [0.5, 0.6) is 0 Å². The fourth-order valence-corrected chi connectivity index (χ4v) is 3.94. The van der Waals surface area contributed by atoms with E-state index in [0.717, 1.165) is 42.6 Å².